The van der Waals surface area contributed by atoms with Crippen molar-refractivity contribution in [3.63, 3.8) is 0 Å². The lowest BCUT2D eigenvalue weighted by molar-refractivity contribution is 0.233. The van der Waals surface area contributed by atoms with Crippen LogP contribution < -0.4 is 9.47 Å². The highest BCUT2D eigenvalue weighted by Gasteiger charge is 2.16. The number of rotatable bonds is 1. The van der Waals surface area contributed by atoms with Crippen molar-refractivity contribution in [3.8, 4) is 11.5 Å². The minimum atomic E-state index is 0.611. The number of hydrogen-bond donors (Lipinski definition) is 0. The predicted molar refractivity (Wildman–Crippen MR) is 62.7 cm³/mol. The Morgan fingerprint density at radius 1 is 1.33 bits per heavy atom. The number of hydrogen-bond acceptors (Lipinski definition) is 2. The van der Waals surface area contributed by atoms with Crippen molar-refractivity contribution in [2.75, 3.05) is 13.7 Å². The zero-order chi connectivity index (χ0) is 11.3. The van der Waals surface area contributed by atoms with Crippen LogP contribution >= 0.6 is 0 Å². The highest BCUT2D eigenvalue weighted by Crippen LogP contribution is 2.30. The highest BCUT2D eigenvalue weighted by molar-refractivity contribution is 5.41. The molecule has 1 atom stereocenters. The fourth-order valence-electron chi connectivity index (χ4n) is 1.65. The van der Waals surface area contributed by atoms with Crippen LogP contribution in [-0.2, 0) is 6.42 Å². The molecule has 1 aromatic carbocycles. The third kappa shape index (κ3) is 2.88. The Morgan fingerprint density at radius 2 is 2.07 bits per heavy atom. The van der Waals surface area contributed by atoms with E-state index in [0.717, 1.165) is 24.5 Å². The average molecular weight is 208 g/mol. The Kier molecular flexibility index (Phi) is 4.47. The van der Waals surface area contributed by atoms with Crippen molar-refractivity contribution in [1.82, 2.24) is 0 Å². The molecule has 0 aliphatic carbocycles. The van der Waals surface area contributed by atoms with Gasteiger partial charge in [0.15, 0.2) is 0 Å². The number of fused-ring (bicyclic) bond motifs is 1. The summed E-state index contributed by atoms with van der Waals surface area (Å²) >= 11 is 0. The van der Waals surface area contributed by atoms with Crippen LogP contribution in [0.15, 0.2) is 18.2 Å². The minimum absolute atomic E-state index is 0.611. The van der Waals surface area contributed by atoms with Gasteiger partial charge in [0.1, 0.15) is 11.5 Å². The molecule has 2 heteroatoms. The summed E-state index contributed by atoms with van der Waals surface area (Å²) in [6.45, 7) is 7.03. The number of benzene rings is 1. The van der Waals surface area contributed by atoms with Crippen LogP contribution in [0.1, 0.15) is 26.3 Å². The fourth-order valence-corrected chi connectivity index (χ4v) is 1.65. The average Bonchev–Trinajstić information content (AvgIpc) is 2.30. The van der Waals surface area contributed by atoms with Crippen LogP contribution in [0, 0.1) is 5.92 Å². The largest absolute Gasteiger partial charge is 0.497 e. The Hall–Kier alpha value is -1.18. The summed E-state index contributed by atoms with van der Waals surface area (Å²) in [4.78, 5) is 0. The topological polar surface area (TPSA) is 18.5 Å². The first kappa shape index (κ1) is 11.9. The van der Waals surface area contributed by atoms with Gasteiger partial charge in [0.05, 0.1) is 13.7 Å². The van der Waals surface area contributed by atoms with Crippen LogP contribution in [0.2, 0.25) is 0 Å². The Morgan fingerprint density at radius 3 is 2.73 bits per heavy atom. The number of ether oxygens (including phenoxy) is 2. The van der Waals surface area contributed by atoms with Gasteiger partial charge >= 0.3 is 0 Å². The molecule has 15 heavy (non-hydrogen) atoms. The van der Waals surface area contributed by atoms with E-state index in [1.165, 1.54) is 5.56 Å². The van der Waals surface area contributed by atoms with E-state index < -0.39 is 0 Å². The summed E-state index contributed by atoms with van der Waals surface area (Å²) < 4.78 is 10.7. The molecule has 0 saturated carbocycles. The molecule has 0 fully saturated rings. The van der Waals surface area contributed by atoms with Gasteiger partial charge < -0.3 is 9.47 Å². The molecule has 1 aliphatic heterocycles. The van der Waals surface area contributed by atoms with Crippen molar-refractivity contribution in [1.29, 1.82) is 0 Å². The molecule has 1 unspecified atom stereocenters. The Labute approximate surface area is 92.2 Å². The second-order valence-electron chi connectivity index (χ2n) is 3.59. The minimum Gasteiger partial charge on any atom is -0.497 e. The molecule has 84 valence electrons. The molecule has 0 saturated heterocycles. The van der Waals surface area contributed by atoms with Gasteiger partial charge in [-0.25, -0.2) is 0 Å². The van der Waals surface area contributed by atoms with Crippen molar-refractivity contribution in [2.45, 2.75) is 27.2 Å². The molecule has 1 aromatic rings. The van der Waals surface area contributed by atoms with Crippen molar-refractivity contribution >= 4 is 0 Å². The molecule has 0 spiro atoms. The van der Waals surface area contributed by atoms with Gasteiger partial charge in [-0.3, -0.25) is 0 Å². The van der Waals surface area contributed by atoms with Gasteiger partial charge in [0.25, 0.3) is 0 Å². The van der Waals surface area contributed by atoms with Crippen LogP contribution in [0.5, 0.6) is 11.5 Å². The maximum atomic E-state index is 5.58. The predicted octanol–water partition coefficient (Wildman–Crippen LogP) is 3.29. The molecule has 2 nitrogen and oxygen atoms in total. The third-order valence-electron chi connectivity index (χ3n) is 2.36. The summed E-state index contributed by atoms with van der Waals surface area (Å²) in [5.41, 5.74) is 1.26. The van der Waals surface area contributed by atoms with E-state index in [1.807, 2.05) is 26.0 Å². The molecule has 2 rings (SSSR count). The molecule has 0 aromatic heterocycles. The normalized spacial score (nSPS) is 18.0. The van der Waals surface area contributed by atoms with Gasteiger partial charge in [-0.15, -0.1) is 0 Å². The van der Waals surface area contributed by atoms with E-state index in [-0.39, 0.29) is 0 Å². The van der Waals surface area contributed by atoms with Gasteiger partial charge in [0, 0.05) is 0 Å². The lowest BCUT2D eigenvalue weighted by Crippen LogP contribution is -2.17. The molecule has 0 radical (unpaired) electrons. The van der Waals surface area contributed by atoms with E-state index in [0.29, 0.717) is 5.92 Å². The molecule has 0 bridgehead atoms. The SMILES string of the molecule is CC.COc1ccc2c(c1)CC(C)CO2. The zero-order valence-corrected chi connectivity index (χ0v) is 10.0. The van der Waals surface area contributed by atoms with Crippen LogP contribution in [0.4, 0.5) is 0 Å². The molecule has 1 heterocycles. The first-order valence-corrected chi connectivity index (χ1v) is 5.59. The van der Waals surface area contributed by atoms with Crippen LogP contribution in [0.25, 0.3) is 0 Å². The van der Waals surface area contributed by atoms with E-state index >= 15 is 0 Å². The second kappa shape index (κ2) is 5.64. The van der Waals surface area contributed by atoms with Gasteiger partial charge in [-0.05, 0) is 36.1 Å². The van der Waals surface area contributed by atoms with Crippen LogP contribution in [0.3, 0.4) is 0 Å². The number of methoxy groups -OCH3 is 1. The van der Waals surface area contributed by atoms with Crippen molar-refractivity contribution < 1.29 is 9.47 Å². The maximum absolute atomic E-state index is 5.58. The Bertz CT molecular complexity index is 307. The standard InChI is InChI=1S/C11H14O2.C2H6/c1-8-5-9-6-10(12-2)3-4-11(9)13-7-8;1-2/h3-4,6,8H,5,7H2,1-2H3;1-2H3. The van der Waals surface area contributed by atoms with Crippen molar-refractivity contribution in [3.05, 3.63) is 23.8 Å². The van der Waals surface area contributed by atoms with E-state index in [1.54, 1.807) is 7.11 Å². The van der Waals surface area contributed by atoms with Crippen LogP contribution in [-0.4, -0.2) is 13.7 Å². The first-order valence-electron chi connectivity index (χ1n) is 5.59. The summed E-state index contributed by atoms with van der Waals surface area (Å²) in [6, 6.07) is 5.99. The molecular formula is C13H20O2. The highest BCUT2D eigenvalue weighted by atomic mass is 16.5. The van der Waals surface area contributed by atoms with E-state index in [4.69, 9.17) is 9.47 Å². The molecule has 0 amide bonds. The smallest absolute Gasteiger partial charge is 0.122 e. The zero-order valence-electron chi connectivity index (χ0n) is 10.0. The van der Waals surface area contributed by atoms with Gasteiger partial charge in [-0.2, -0.15) is 0 Å². The molecular weight excluding hydrogens is 188 g/mol. The summed E-state index contributed by atoms with van der Waals surface area (Å²) in [6.07, 6.45) is 1.09. The van der Waals surface area contributed by atoms with Gasteiger partial charge in [-0.1, -0.05) is 20.8 Å². The Balaban J connectivity index is 0.000000531. The van der Waals surface area contributed by atoms with Gasteiger partial charge in [0.2, 0.25) is 0 Å². The lowest BCUT2D eigenvalue weighted by Gasteiger charge is -2.22. The molecule has 1 aliphatic rings. The quantitative estimate of drug-likeness (QED) is 0.705. The third-order valence-corrected chi connectivity index (χ3v) is 2.36. The van der Waals surface area contributed by atoms with E-state index in [9.17, 15) is 0 Å². The monoisotopic (exact) mass is 208 g/mol. The van der Waals surface area contributed by atoms with E-state index in [2.05, 4.69) is 13.0 Å². The van der Waals surface area contributed by atoms with Crippen molar-refractivity contribution in [2.24, 2.45) is 5.92 Å². The second-order valence-corrected chi connectivity index (χ2v) is 3.59. The lowest BCUT2D eigenvalue weighted by atomic mass is 9.98. The summed E-state index contributed by atoms with van der Waals surface area (Å²) in [5.74, 6) is 2.54. The maximum Gasteiger partial charge on any atom is 0.122 e. The molecule has 0 N–H and O–H groups in total. The first-order chi connectivity index (χ1) is 7.29. The summed E-state index contributed by atoms with van der Waals surface area (Å²) in [7, 11) is 1.69. The fraction of sp³-hybridized carbons (Fsp3) is 0.538. The summed E-state index contributed by atoms with van der Waals surface area (Å²) in [5, 5.41) is 0.